The summed E-state index contributed by atoms with van der Waals surface area (Å²) in [6.07, 6.45) is 1.95. The summed E-state index contributed by atoms with van der Waals surface area (Å²) in [7, 11) is 1.85. The third-order valence-electron chi connectivity index (χ3n) is 3.16. The first-order valence-electron chi connectivity index (χ1n) is 5.69. The molecule has 2 rings (SSSR count). The van der Waals surface area contributed by atoms with Gasteiger partial charge in [0, 0.05) is 24.2 Å². The molecule has 2 unspecified atom stereocenters. The standard InChI is InChI=1S/C12H17N3O2/c1-14-10-7-17-6-9(10)11(16)5-8-3-2-4-15-12(8)13/h2-4,9-10,14H,5-7H2,1H3,(H2,13,15). The number of nitrogens with one attached hydrogen (secondary N) is 1. The highest BCUT2D eigenvalue weighted by Crippen LogP contribution is 2.18. The molecule has 0 amide bonds. The molecule has 0 aromatic carbocycles. The monoisotopic (exact) mass is 235 g/mol. The number of Topliss-reactive ketones (excluding diaryl/α,β-unsaturated/α-hetero) is 1. The molecular weight excluding hydrogens is 218 g/mol. The summed E-state index contributed by atoms with van der Waals surface area (Å²) in [5.74, 6) is 0.502. The maximum atomic E-state index is 12.1. The Bertz CT molecular complexity index is 408. The van der Waals surface area contributed by atoms with Crippen molar-refractivity contribution in [1.29, 1.82) is 0 Å². The van der Waals surface area contributed by atoms with Gasteiger partial charge in [-0.15, -0.1) is 0 Å². The number of hydrogen-bond donors (Lipinski definition) is 2. The van der Waals surface area contributed by atoms with Crippen molar-refractivity contribution in [3.8, 4) is 0 Å². The van der Waals surface area contributed by atoms with E-state index < -0.39 is 0 Å². The van der Waals surface area contributed by atoms with Gasteiger partial charge in [0.05, 0.1) is 19.1 Å². The lowest BCUT2D eigenvalue weighted by Crippen LogP contribution is -2.37. The fourth-order valence-electron chi connectivity index (χ4n) is 2.08. The van der Waals surface area contributed by atoms with Crippen molar-refractivity contribution in [2.24, 2.45) is 5.92 Å². The van der Waals surface area contributed by atoms with Crippen LogP contribution in [-0.4, -0.2) is 37.1 Å². The van der Waals surface area contributed by atoms with Gasteiger partial charge in [-0.25, -0.2) is 4.98 Å². The van der Waals surface area contributed by atoms with Gasteiger partial charge < -0.3 is 15.8 Å². The van der Waals surface area contributed by atoms with Crippen LogP contribution in [0.3, 0.4) is 0 Å². The maximum Gasteiger partial charge on any atom is 0.144 e. The highest BCUT2D eigenvalue weighted by atomic mass is 16.5. The molecule has 1 aromatic rings. The van der Waals surface area contributed by atoms with E-state index in [2.05, 4.69) is 10.3 Å². The summed E-state index contributed by atoms with van der Waals surface area (Å²) in [5, 5.41) is 3.10. The van der Waals surface area contributed by atoms with Gasteiger partial charge in [-0.05, 0) is 13.1 Å². The summed E-state index contributed by atoms with van der Waals surface area (Å²) in [5.41, 5.74) is 6.52. The Balaban J connectivity index is 2.04. The van der Waals surface area contributed by atoms with Crippen molar-refractivity contribution in [1.82, 2.24) is 10.3 Å². The smallest absolute Gasteiger partial charge is 0.144 e. The van der Waals surface area contributed by atoms with Gasteiger partial charge in [-0.2, -0.15) is 0 Å². The van der Waals surface area contributed by atoms with E-state index in [1.54, 1.807) is 12.3 Å². The number of rotatable bonds is 4. The van der Waals surface area contributed by atoms with Crippen LogP contribution in [0.4, 0.5) is 5.82 Å². The minimum atomic E-state index is -0.0837. The Morgan fingerprint density at radius 3 is 3.18 bits per heavy atom. The predicted octanol–water partition coefficient (Wildman–Crippen LogP) is 0.00980. The van der Waals surface area contributed by atoms with E-state index in [-0.39, 0.29) is 17.7 Å². The molecule has 17 heavy (non-hydrogen) atoms. The molecular formula is C12H17N3O2. The van der Waals surface area contributed by atoms with Crippen molar-refractivity contribution in [3.05, 3.63) is 23.9 Å². The van der Waals surface area contributed by atoms with Gasteiger partial charge >= 0.3 is 0 Å². The first kappa shape index (κ1) is 12.0. The second-order valence-electron chi connectivity index (χ2n) is 4.23. The highest BCUT2D eigenvalue weighted by molar-refractivity contribution is 5.85. The fraction of sp³-hybridized carbons (Fsp3) is 0.500. The van der Waals surface area contributed by atoms with Crippen molar-refractivity contribution < 1.29 is 9.53 Å². The Morgan fingerprint density at radius 2 is 2.47 bits per heavy atom. The van der Waals surface area contributed by atoms with E-state index in [1.165, 1.54) is 0 Å². The lowest BCUT2D eigenvalue weighted by molar-refractivity contribution is -0.122. The number of carbonyl (C=O) groups is 1. The van der Waals surface area contributed by atoms with E-state index in [1.807, 2.05) is 13.1 Å². The van der Waals surface area contributed by atoms with E-state index in [0.717, 1.165) is 5.56 Å². The van der Waals surface area contributed by atoms with Crippen LogP contribution in [0.2, 0.25) is 0 Å². The number of ether oxygens (including phenoxy) is 1. The molecule has 0 saturated carbocycles. The summed E-state index contributed by atoms with van der Waals surface area (Å²) in [6.45, 7) is 1.08. The average molecular weight is 235 g/mol. The molecule has 0 aliphatic carbocycles. The summed E-state index contributed by atoms with van der Waals surface area (Å²) < 4.78 is 5.32. The lowest BCUT2D eigenvalue weighted by atomic mass is 9.94. The van der Waals surface area contributed by atoms with Gasteiger partial charge in [0.15, 0.2) is 0 Å². The first-order chi connectivity index (χ1) is 8.22. The Labute approximate surface area is 100 Å². The first-order valence-corrected chi connectivity index (χ1v) is 5.69. The zero-order chi connectivity index (χ0) is 12.3. The van der Waals surface area contributed by atoms with Crippen LogP contribution >= 0.6 is 0 Å². The van der Waals surface area contributed by atoms with Crippen LogP contribution in [0.5, 0.6) is 0 Å². The Hall–Kier alpha value is -1.46. The molecule has 1 saturated heterocycles. The molecule has 2 atom stereocenters. The lowest BCUT2D eigenvalue weighted by Gasteiger charge is -2.15. The van der Waals surface area contributed by atoms with Gasteiger partial charge in [0.2, 0.25) is 0 Å². The second kappa shape index (κ2) is 5.25. The summed E-state index contributed by atoms with van der Waals surface area (Å²) in [4.78, 5) is 16.1. The largest absolute Gasteiger partial charge is 0.383 e. The van der Waals surface area contributed by atoms with Crippen molar-refractivity contribution in [2.75, 3.05) is 26.0 Å². The number of anilines is 1. The summed E-state index contributed by atoms with van der Waals surface area (Å²) >= 11 is 0. The highest BCUT2D eigenvalue weighted by Gasteiger charge is 2.32. The van der Waals surface area contributed by atoms with Gasteiger partial charge in [-0.3, -0.25) is 4.79 Å². The zero-order valence-electron chi connectivity index (χ0n) is 9.85. The van der Waals surface area contributed by atoms with Gasteiger partial charge in [0.1, 0.15) is 11.6 Å². The van der Waals surface area contributed by atoms with Crippen molar-refractivity contribution in [3.63, 3.8) is 0 Å². The van der Waals surface area contributed by atoms with Crippen LogP contribution < -0.4 is 11.1 Å². The van der Waals surface area contributed by atoms with Crippen LogP contribution in [-0.2, 0) is 16.0 Å². The Morgan fingerprint density at radius 1 is 1.65 bits per heavy atom. The average Bonchev–Trinajstić information content (AvgIpc) is 2.80. The van der Waals surface area contributed by atoms with Crippen LogP contribution in [0.25, 0.3) is 0 Å². The molecule has 1 fully saturated rings. The number of pyridine rings is 1. The van der Waals surface area contributed by atoms with Crippen molar-refractivity contribution >= 4 is 11.6 Å². The third-order valence-corrected chi connectivity index (χ3v) is 3.16. The second-order valence-corrected chi connectivity index (χ2v) is 4.23. The van der Waals surface area contributed by atoms with E-state index in [0.29, 0.717) is 25.5 Å². The molecule has 5 nitrogen and oxygen atoms in total. The molecule has 2 heterocycles. The zero-order valence-corrected chi connectivity index (χ0v) is 9.85. The number of carbonyl (C=O) groups excluding carboxylic acids is 1. The normalized spacial score (nSPS) is 23.8. The van der Waals surface area contributed by atoms with Crippen LogP contribution in [0.15, 0.2) is 18.3 Å². The van der Waals surface area contributed by atoms with Gasteiger partial charge in [0.25, 0.3) is 0 Å². The topological polar surface area (TPSA) is 77.2 Å². The number of nitrogens with zero attached hydrogens (tertiary/aromatic N) is 1. The number of hydrogen-bond acceptors (Lipinski definition) is 5. The molecule has 1 aliphatic rings. The molecule has 5 heteroatoms. The molecule has 0 bridgehead atoms. The molecule has 3 N–H and O–H groups in total. The fourth-order valence-corrected chi connectivity index (χ4v) is 2.08. The van der Waals surface area contributed by atoms with Crippen LogP contribution in [0, 0.1) is 5.92 Å². The van der Waals surface area contributed by atoms with E-state index in [9.17, 15) is 4.79 Å². The molecule has 92 valence electrons. The SMILES string of the molecule is CNC1COCC1C(=O)Cc1cccnc1N. The van der Waals surface area contributed by atoms with E-state index in [4.69, 9.17) is 10.5 Å². The minimum absolute atomic E-state index is 0.0837. The maximum absolute atomic E-state index is 12.1. The predicted molar refractivity (Wildman–Crippen MR) is 64.5 cm³/mol. The number of likely N-dealkylation sites (N-methyl/N-ethyl adjacent to an activating group) is 1. The quantitative estimate of drug-likeness (QED) is 0.768. The number of aromatic nitrogens is 1. The number of nitrogen functional groups attached to an aromatic ring is 1. The number of nitrogens with two attached hydrogens (primary N) is 1. The molecule has 0 radical (unpaired) electrons. The summed E-state index contributed by atoms with van der Waals surface area (Å²) in [6, 6.07) is 3.74. The van der Waals surface area contributed by atoms with Crippen molar-refractivity contribution in [2.45, 2.75) is 12.5 Å². The molecule has 0 spiro atoms. The third kappa shape index (κ3) is 2.62. The van der Waals surface area contributed by atoms with Crippen LogP contribution in [0.1, 0.15) is 5.56 Å². The minimum Gasteiger partial charge on any atom is -0.383 e. The molecule has 1 aromatic heterocycles. The Kier molecular flexibility index (Phi) is 3.71. The number of ketones is 1. The van der Waals surface area contributed by atoms with E-state index >= 15 is 0 Å². The molecule has 1 aliphatic heterocycles. The van der Waals surface area contributed by atoms with Gasteiger partial charge in [-0.1, -0.05) is 6.07 Å².